The van der Waals surface area contributed by atoms with Crippen LogP contribution in [0.4, 0.5) is 17.5 Å². The predicted molar refractivity (Wildman–Crippen MR) is 129 cm³/mol. The molecule has 1 amide bonds. The molecule has 2 fully saturated rings. The van der Waals surface area contributed by atoms with E-state index in [1.807, 2.05) is 6.07 Å². The maximum Gasteiger partial charge on any atom is 0.377 e. The first-order chi connectivity index (χ1) is 17.2. The Kier molecular flexibility index (Phi) is 5.10. The number of hydrogen-bond acceptors (Lipinski definition) is 9. The highest BCUT2D eigenvalue weighted by molar-refractivity contribution is 6.02. The summed E-state index contributed by atoms with van der Waals surface area (Å²) in [6, 6.07) is 5.04. The van der Waals surface area contributed by atoms with E-state index in [0.29, 0.717) is 52.1 Å². The summed E-state index contributed by atoms with van der Waals surface area (Å²) in [5, 5.41) is 40.5. The summed E-state index contributed by atoms with van der Waals surface area (Å²) >= 11 is 0. The lowest BCUT2D eigenvalue weighted by molar-refractivity contribution is -0.374. The average Bonchev–Trinajstić information content (AvgIpc) is 3.58. The van der Waals surface area contributed by atoms with E-state index in [1.165, 1.54) is 10.8 Å². The van der Waals surface area contributed by atoms with Crippen LogP contribution in [0.25, 0.3) is 22.1 Å². The number of rotatable bonds is 5. The van der Waals surface area contributed by atoms with E-state index in [4.69, 9.17) is 0 Å². The van der Waals surface area contributed by atoms with Crippen molar-refractivity contribution >= 4 is 45.4 Å². The second-order valence-corrected chi connectivity index (χ2v) is 9.63. The van der Waals surface area contributed by atoms with Crippen molar-refractivity contribution in [3.05, 3.63) is 34.9 Å². The predicted octanol–water partition coefficient (Wildman–Crippen LogP) is 1.25. The molecule has 5 N–H and O–H groups in total. The standard InChI is InChI=1S/C23H26N8O5/c1-12-4-5-13(9-12)30-15-10-18(24-11-16(15)31(22(30)33)23(34,35)36)25-17-7-6-14-20(26-17)27-28-21(14)29-8-2-3-19(29)32/h6-7,10-13,34-36H,2-5,8-9H2,1H3,(H2,24,25,26,27,28). The van der Waals surface area contributed by atoms with Gasteiger partial charge in [0.25, 0.3) is 0 Å². The van der Waals surface area contributed by atoms with Crippen LogP contribution < -0.4 is 15.9 Å². The van der Waals surface area contributed by atoms with Gasteiger partial charge in [0, 0.05) is 25.1 Å². The molecule has 2 atom stereocenters. The lowest BCUT2D eigenvalue weighted by Crippen LogP contribution is -2.41. The van der Waals surface area contributed by atoms with Gasteiger partial charge >= 0.3 is 11.8 Å². The lowest BCUT2D eigenvalue weighted by Gasteiger charge is -2.15. The zero-order valence-corrected chi connectivity index (χ0v) is 19.5. The first-order valence-corrected chi connectivity index (χ1v) is 11.9. The first-order valence-electron chi connectivity index (χ1n) is 11.9. The number of imidazole rings is 1. The van der Waals surface area contributed by atoms with Crippen LogP contribution in [0.3, 0.4) is 0 Å². The van der Waals surface area contributed by atoms with E-state index in [1.54, 1.807) is 17.0 Å². The van der Waals surface area contributed by atoms with Crippen molar-refractivity contribution in [1.82, 2.24) is 29.3 Å². The fourth-order valence-electron chi connectivity index (χ4n) is 5.41. The van der Waals surface area contributed by atoms with Crippen molar-refractivity contribution < 1.29 is 20.1 Å². The summed E-state index contributed by atoms with van der Waals surface area (Å²) in [4.78, 5) is 35.7. The van der Waals surface area contributed by atoms with Gasteiger partial charge in [0.2, 0.25) is 5.91 Å². The Hall–Kier alpha value is -3.81. The van der Waals surface area contributed by atoms with Gasteiger partial charge in [0.1, 0.15) is 11.6 Å². The van der Waals surface area contributed by atoms with Gasteiger partial charge in [-0.05, 0) is 43.7 Å². The molecule has 1 aliphatic heterocycles. The van der Waals surface area contributed by atoms with Gasteiger partial charge in [-0.25, -0.2) is 19.3 Å². The molecule has 13 nitrogen and oxygen atoms in total. The quantitative estimate of drug-likeness (QED) is 0.256. The molecule has 4 aromatic heterocycles. The minimum atomic E-state index is -3.36. The molecule has 6 rings (SSSR count). The smallest absolute Gasteiger partial charge is 0.325 e. The second kappa shape index (κ2) is 8.11. The van der Waals surface area contributed by atoms with Gasteiger partial charge < -0.3 is 20.6 Å². The number of H-pyrrole nitrogens is 1. The number of pyridine rings is 2. The first kappa shape index (κ1) is 22.6. The highest BCUT2D eigenvalue weighted by Gasteiger charge is 2.33. The zero-order valence-electron chi connectivity index (χ0n) is 19.5. The number of aliphatic hydroxyl groups is 3. The number of anilines is 3. The number of amides is 1. The van der Waals surface area contributed by atoms with Gasteiger partial charge in [-0.15, -0.1) is 0 Å². The topological polar surface area (TPSA) is 174 Å². The van der Waals surface area contributed by atoms with E-state index in [9.17, 15) is 24.9 Å². The third-order valence-electron chi connectivity index (χ3n) is 7.08. The molecular formula is C23H26N8O5. The van der Waals surface area contributed by atoms with Crippen LogP contribution >= 0.6 is 0 Å². The van der Waals surface area contributed by atoms with Gasteiger partial charge in [-0.3, -0.25) is 19.4 Å². The lowest BCUT2D eigenvalue weighted by atomic mass is 10.1. The molecule has 0 radical (unpaired) electrons. The number of fused-ring (bicyclic) bond motifs is 2. The van der Waals surface area contributed by atoms with Gasteiger partial charge in [0.15, 0.2) is 11.5 Å². The van der Waals surface area contributed by atoms with Gasteiger partial charge in [0.05, 0.1) is 22.6 Å². The molecule has 36 heavy (non-hydrogen) atoms. The number of aromatic amines is 1. The van der Waals surface area contributed by atoms with E-state index in [0.717, 1.165) is 31.1 Å². The summed E-state index contributed by atoms with van der Waals surface area (Å²) in [5.74, 6) is 1.85. The third kappa shape index (κ3) is 3.63. The van der Waals surface area contributed by atoms with E-state index >= 15 is 0 Å². The Bertz CT molecular complexity index is 1550. The highest BCUT2D eigenvalue weighted by atomic mass is 16.7. The largest absolute Gasteiger partial charge is 0.377 e. The minimum Gasteiger partial charge on any atom is -0.325 e. The Labute approximate surface area is 204 Å². The molecule has 2 unspecified atom stereocenters. The molecular weight excluding hydrogens is 468 g/mol. The summed E-state index contributed by atoms with van der Waals surface area (Å²) in [7, 11) is 0. The molecule has 1 saturated heterocycles. The van der Waals surface area contributed by atoms with Crippen molar-refractivity contribution in [3.63, 3.8) is 0 Å². The van der Waals surface area contributed by atoms with Crippen molar-refractivity contribution in [2.24, 2.45) is 5.92 Å². The normalized spacial score (nSPS) is 20.8. The van der Waals surface area contributed by atoms with E-state index in [2.05, 4.69) is 32.4 Å². The molecule has 13 heteroatoms. The molecule has 188 valence electrons. The number of carbonyl (C=O) groups is 1. The SMILES string of the molecule is CC1CCC(n2c(=O)n(C(O)(O)O)c3cnc(Nc4ccc5c(N6CCCC6=O)n[nH]c5n4)cc32)C1. The number of hydrogen-bond donors (Lipinski definition) is 5. The molecule has 5 heterocycles. The van der Waals surface area contributed by atoms with Crippen molar-refractivity contribution in [2.75, 3.05) is 16.8 Å². The van der Waals surface area contributed by atoms with E-state index < -0.39 is 11.8 Å². The molecule has 1 saturated carbocycles. The minimum absolute atomic E-state index is 0.0374. The third-order valence-corrected chi connectivity index (χ3v) is 7.08. The summed E-state index contributed by atoms with van der Waals surface area (Å²) in [5.41, 5.74) is 0.283. The highest BCUT2D eigenvalue weighted by Crippen LogP contribution is 2.36. The molecule has 0 bridgehead atoms. The fraction of sp³-hybridized carbons (Fsp3) is 0.435. The summed E-state index contributed by atoms with van der Waals surface area (Å²) in [6.07, 6.45) is 1.72. The number of nitrogens with zero attached hydrogens (tertiary/aromatic N) is 6. The fourth-order valence-corrected chi connectivity index (χ4v) is 5.41. The van der Waals surface area contributed by atoms with Crippen molar-refractivity contribution in [1.29, 1.82) is 0 Å². The van der Waals surface area contributed by atoms with Gasteiger partial charge in [-0.2, -0.15) is 5.10 Å². The molecule has 0 spiro atoms. The molecule has 2 aliphatic rings. The molecule has 4 aromatic rings. The molecule has 0 aromatic carbocycles. The van der Waals surface area contributed by atoms with Crippen LogP contribution in [0.1, 0.15) is 45.1 Å². The van der Waals surface area contributed by atoms with Crippen LogP contribution in [0, 0.1) is 5.92 Å². The Morgan fingerprint density at radius 3 is 2.67 bits per heavy atom. The van der Waals surface area contributed by atoms with Crippen LogP contribution in [0.15, 0.2) is 29.2 Å². The van der Waals surface area contributed by atoms with Crippen LogP contribution in [0.2, 0.25) is 0 Å². The monoisotopic (exact) mass is 494 g/mol. The van der Waals surface area contributed by atoms with Crippen LogP contribution in [-0.4, -0.2) is 57.1 Å². The second-order valence-electron chi connectivity index (χ2n) is 9.63. The van der Waals surface area contributed by atoms with E-state index in [-0.39, 0.29) is 17.5 Å². The summed E-state index contributed by atoms with van der Waals surface area (Å²) < 4.78 is 2.02. The molecule has 1 aliphatic carbocycles. The average molecular weight is 495 g/mol. The van der Waals surface area contributed by atoms with Gasteiger partial charge in [-0.1, -0.05) is 6.92 Å². The Morgan fingerprint density at radius 2 is 1.97 bits per heavy atom. The zero-order chi connectivity index (χ0) is 25.2. The van der Waals surface area contributed by atoms with Crippen LogP contribution in [0.5, 0.6) is 0 Å². The maximum absolute atomic E-state index is 13.1. The maximum atomic E-state index is 13.1. The number of nitrogens with one attached hydrogen (secondary N) is 2. The summed E-state index contributed by atoms with van der Waals surface area (Å²) in [6.45, 7) is 2.73. The van der Waals surface area contributed by atoms with Crippen molar-refractivity contribution in [3.8, 4) is 0 Å². The van der Waals surface area contributed by atoms with Crippen molar-refractivity contribution in [2.45, 2.75) is 51.2 Å². The number of aromatic nitrogens is 6. The van der Waals surface area contributed by atoms with Crippen LogP contribution in [-0.2, 0) is 10.9 Å². The Balaban J connectivity index is 1.37. The number of carbonyl (C=O) groups excluding carboxylic acids is 1. The Morgan fingerprint density at radius 1 is 1.14 bits per heavy atom.